The van der Waals surface area contributed by atoms with Gasteiger partial charge in [-0.3, -0.25) is 4.79 Å². The topological polar surface area (TPSA) is 76.5 Å². The highest BCUT2D eigenvalue weighted by Gasteiger charge is 2.05. The standard InChI is InChI=1S/C10H11NO4/c1-2-9(12)8-4-3-7(5-11-8)15-6-10(13)14/h3-5H,2,6H2,1H3,(H,13,14). The van der Waals surface area contributed by atoms with Crippen LogP contribution in [0.2, 0.25) is 0 Å². The molecule has 1 aromatic heterocycles. The quantitative estimate of drug-likeness (QED) is 0.736. The summed E-state index contributed by atoms with van der Waals surface area (Å²) >= 11 is 0. The number of carboxylic acid groups (broad SMARTS) is 1. The van der Waals surface area contributed by atoms with Crippen molar-refractivity contribution in [3.63, 3.8) is 0 Å². The van der Waals surface area contributed by atoms with Crippen molar-refractivity contribution in [2.24, 2.45) is 0 Å². The summed E-state index contributed by atoms with van der Waals surface area (Å²) < 4.78 is 4.86. The second-order valence-corrected chi connectivity index (χ2v) is 2.84. The Balaban J connectivity index is 2.64. The predicted molar refractivity (Wildman–Crippen MR) is 52.0 cm³/mol. The molecule has 0 atom stereocenters. The highest BCUT2D eigenvalue weighted by atomic mass is 16.5. The molecule has 0 aromatic carbocycles. The smallest absolute Gasteiger partial charge is 0.341 e. The molecule has 0 radical (unpaired) electrons. The Labute approximate surface area is 86.7 Å². The van der Waals surface area contributed by atoms with E-state index in [9.17, 15) is 9.59 Å². The van der Waals surface area contributed by atoms with E-state index in [0.29, 0.717) is 17.9 Å². The first-order chi connectivity index (χ1) is 7.13. The maximum atomic E-state index is 11.2. The summed E-state index contributed by atoms with van der Waals surface area (Å²) in [6.07, 6.45) is 1.73. The number of ether oxygens (including phenoxy) is 1. The van der Waals surface area contributed by atoms with E-state index in [2.05, 4.69) is 4.98 Å². The minimum atomic E-state index is -1.05. The van der Waals surface area contributed by atoms with Crippen molar-refractivity contribution in [1.29, 1.82) is 0 Å². The van der Waals surface area contributed by atoms with Crippen molar-refractivity contribution in [3.05, 3.63) is 24.0 Å². The van der Waals surface area contributed by atoms with Crippen LogP contribution in [0.4, 0.5) is 0 Å². The van der Waals surface area contributed by atoms with Crippen molar-refractivity contribution < 1.29 is 19.4 Å². The van der Waals surface area contributed by atoms with Gasteiger partial charge >= 0.3 is 5.97 Å². The van der Waals surface area contributed by atoms with Gasteiger partial charge in [-0.25, -0.2) is 9.78 Å². The second kappa shape index (κ2) is 5.09. The number of carbonyl (C=O) groups excluding carboxylic acids is 1. The van der Waals surface area contributed by atoms with Crippen LogP contribution >= 0.6 is 0 Å². The summed E-state index contributed by atoms with van der Waals surface area (Å²) in [7, 11) is 0. The predicted octanol–water partition coefficient (Wildman–Crippen LogP) is 1.14. The molecule has 0 aliphatic rings. The van der Waals surface area contributed by atoms with Crippen LogP contribution in [0.25, 0.3) is 0 Å². The molecule has 0 aliphatic carbocycles. The van der Waals surface area contributed by atoms with E-state index in [-0.39, 0.29) is 5.78 Å². The first-order valence-electron chi connectivity index (χ1n) is 4.47. The highest BCUT2D eigenvalue weighted by molar-refractivity contribution is 5.93. The SMILES string of the molecule is CCC(=O)c1ccc(OCC(=O)O)cn1. The van der Waals surface area contributed by atoms with Gasteiger partial charge in [-0.2, -0.15) is 0 Å². The van der Waals surface area contributed by atoms with Gasteiger partial charge in [0.2, 0.25) is 0 Å². The molecule has 0 saturated heterocycles. The van der Waals surface area contributed by atoms with E-state index < -0.39 is 12.6 Å². The number of ketones is 1. The molecule has 1 heterocycles. The number of hydrogen-bond donors (Lipinski definition) is 1. The van der Waals surface area contributed by atoms with Gasteiger partial charge in [0.15, 0.2) is 12.4 Å². The van der Waals surface area contributed by atoms with Crippen LogP contribution in [0.5, 0.6) is 5.75 Å². The van der Waals surface area contributed by atoms with Gasteiger partial charge in [-0.05, 0) is 12.1 Å². The zero-order chi connectivity index (χ0) is 11.3. The number of rotatable bonds is 5. The van der Waals surface area contributed by atoms with Gasteiger partial charge in [-0.15, -0.1) is 0 Å². The summed E-state index contributed by atoms with van der Waals surface area (Å²) in [6.45, 7) is 1.33. The second-order valence-electron chi connectivity index (χ2n) is 2.84. The largest absolute Gasteiger partial charge is 0.480 e. The average Bonchev–Trinajstić information content (AvgIpc) is 2.26. The van der Waals surface area contributed by atoms with Gasteiger partial charge in [0.05, 0.1) is 6.20 Å². The van der Waals surface area contributed by atoms with Gasteiger partial charge < -0.3 is 9.84 Å². The molecule has 0 fully saturated rings. The van der Waals surface area contributed by atoms with Crippen LogP contribution in [0.1, 0.15) is 23.8 Å². The highest BCUT2D eigenvalue weighted by Crippen LogP contribution is 2.09. The van der Waals surface area contributed by atoms with E-state index in [4.69, 9.17) is 9.84 Å². The lowest BCUT2D eigenvalue weighted by Crippen LogP contribution is -2.10. The Morgan fingerprint density at radius 3 is 2.67 bits per heavy atom. The van der Waals surface area contributed by atoms with Crippen molar-refractivity contribution in [1.82, 2.24) is 4.98 Å². The number of aliphatic carboxylic acids is 1. The molecule has 5 nitrogen and oxygen atoms in total. The monoisotopic (exact) mass is 209 g/mol. The Morgan fingerprint density at radius 1 is 1.47 bits per heavy atom. The van der Waals surface area contributed by atoms with Crippen molar-refractivity contribution >= 4 is 11.8 Å². The number of nitrogens with zero attached hydrogens (tertiary/aromatic N) is 1. The molecule has 1 rings (SSSR count). The first kappa shape index (κ1) is 11.2. The van der Waals surface area contributed by atoms with E-state index in [1.807, 2.05) is 0 Å². The van der Waals surface area contributed by atoms with Gasteiger partial charge in [0.1, 0.15) is 11.4 Å². The molecule has 0 bridgehead atoms. The number of carboxylic acids is 1. The molecular weight excluding hydrogens is 198 g/mol. The van der Waals surface area contributed by atoms with Gasteiger partial charge in [0, 0.05) is 6.42 Å². The summed E-state index contributed by atoms with van der Waals surface area (Å²) in [5.74, 6) is -0.770. The van der Waals surface area contributed by atoms with Crippen LogP contribution < -0.4 is 4.74 Å². The average molecular weight is 209 g/mol. The minimum Gasteiger partial charge on any atom is -0.480 e. The fourth-order valence-electron chi connectivity index (χ4n) is 0.957. The van der Waals surface area contributed by atoms with E-state index >= 15 is 0 Å². The summed E-state index contributed by atoms with van der Waals surface area (Å²) in [5.41, 5.74) is 0.361. The minimum absolute atomic E-state index is 0.0558. The number of carbonyl (C=O) groups is 2. The summed E-state index contributed by atoms with van der Waals surface area (Å²) in [5, 5.41) is 8.36. The van der Waals surface area contributed by atoms with Crippen LogP contribution in [0.3, 0.4) is 0 Å². The fraction of sp³-hybridized carbons (Fsp3) is 0.300. The maximum absolute atomic E-state index is 11.2. The molecule has 5 heteroatoms. The van der Waals surface area contributed by atoms with Crippen LogP contribution in [0, 0.1) is 0 Å². The number of Topliss-reactive ketones (excluding diaryl/α,β-unsaturated/α-hetero) is 1. The Hall–Kier alpha value is -1.91. The molecular formula is C10H11NO4. The first-order valence-corrected chi connectivity index (χ1v) is 4.47. The van der Waals surface area contributed by atoms with E-state index in [1.165, 1.54) is 18.3 Å². The molecule has 0 aliphatic heterocycles. The molecule has 0 amide bonds. The Morgan fingerprint density at radius 2 is 2.20 bits per heavy atom. The van der Waals surface area contributed by atoms with Crippen molar-refractivity contribution in [3.8, 4) is 5.75 Å². The van der Waals surface area contributed by atoms with Crippen LogP contribution in [0.15, 0.2) is 18.3 Å². The summed E-state index contributed by atoms with van der Waals surface area (Å²) in [4.78, 5) is 25.2. The molecule has 1 N–H and O–H groups in total. The molecule has 0 unspecified atom stereocenters. The van der Waals surface area contributed by atoms with Gasteiger partial charge in [0.25, 0.3) is 0 Å². The molecule has 15 heavy (non-hydrogen) atoms. The molecule has 80 valence electrons. The van der Waals surface area contributed by atoms with Crippen molar-refractivity contribution in [2.75, 3.05) is 6.61 Å². The van der Waals surface area contributed by atoms with Crippen LogP contribution in [-0.4, -0.2) is 28.4 Å². The number of aromatic nitrogens is 1. The third kappa shape index (κ3) is 3.38. The lowest BCUT2D eigenvalue weighted by atomic mass is 10.2. The lowest BCUT2D eigenvalue weighted by Gasteiger charge is -2.02. The van der Waals surface area contributed by atoms with Crippen LogP contribution in [-0.2, 0) is 4.79 Å². The molecule has 0 spiro atoms. The van der Waals surface area contributed by atoms with Gasteiger partial charge in [-0.1, -0.05) is 6.92 Å². The zero-order valence-corrected chi connectivity index (χ0v) is 8.27. The van der Waals surface area contributed by atoms with Crippen molar-refractivity contribution in [2.45, 2.75) is 13.3 Å². The number of pyridine rings is 1. The number of hydrogen-bond acceptors (Lipinski definition) is 4. The summed E-state index contributed by atoms with van der Waals surface area (Å²) in [6, 6.07) is 3.04. The third-order valence-corrected chi connectivity index (χ3v) is 1.71. The molecule has 0 saturated carbocycles. The Kier molecular flexibility index (Phi) is 3.79. The zero-order valence-electron chi connectivity index (χ0n) is 8.27. The lowest BCUT2D eigenvalue weighted by molar-refractivity contribution is -0.139. The van der Waals surface area contributed by atoms with E-state index in [1.54, 1.807) is 6.92 Å². The Bertz CT molecular complexity index is 358. The maximum Gasteiger partial charge on any atom is 0.341 e. The fourth-order valence-corrected chi connectivity index (χ4v) is 0.957. The van der Waals surface area contributed by atoms with E-state index in [0.717, 1.165) is 0 Å². The molecule has 1 aromatic rings. The normalized spacial score (nSPS) is 9.67. The third-order valence-electron chi connectivity index (χ3n) is 1.71.